The van der Waals surface area contributed by atoms with Crippen molar-refractivity contribution in [3.63, 3.8) is 0 Å². The molecule has 3 aromatic rings. The summed E-state index contributed by atoms with van der Waals surface area (Å²) in [5.41, 5.74) is 4.64. The maximum atomic E-state index is 13.0. The van der Waals surface area contributed by atoms with Crippen molar-refractivity contribution < 1.29 is 17.9 Å². The Morgan fingerprint density at radius 1 is 0.909 bits per heavy atom. The number of benzene rings is 3. The van der Waals surface area contributed by atoms with Crippen molar-refractivity contribution in [2.45, 2.75) is 32.6 Å². The van der Waals surface area contributed by atoms with Gasteiger partial charge in [0.25, 0.3) is 15.9 Å². The van der Waals surface area contributed by atoms with Crippen LogP contribution in [-0.4, -0.2) is 27.5 Å². The van der Waals surface area contributed by atoms with Crippen LogP contribution >= 0.6 is 11.6 Å². The lowest BCUT2D eigenvalue weighted by molar-refractivity contribution is 0.0946. The minimum atomic E-state index is -3.99. The van der Waals surface area contributed by atoms with Gasteiger partial charge in [-0.25, -0.2) is 8.42 Å². The van der Waals surface area contributed by atoms with E-state index in [-0.39, 0.29) is 28.6 Å². The molecule has 0 saturated carbocycles. The van der Waals surface area contributed by atoms with Gasteiger partial charge in [0.05, 0.1) is 17.3 Å². The van der Waals surface area contributed by atoms with Gasteiger partial charge in [-0.05, 0) is 80.8 Å². The van der Waals surface area contributed by atoms with Crippen molar-refractivity contribution in [3.8, 4) is 5.75 Å². The number of sulfonamides is 1. The molecule has 0 radical (unpaired) electrons. The summed E-state index contributed by atoms with van der Waals surface area (Å²) in [6, 6.07) is 15.5. The molecule has 0 heterocycles. The van der Waals surface area contributed by atoms with E-state index in [2.05, 4.69) is 16.1 Å². The maximum Gasteiger partial charge on any atom is 0.263 e. The Morgan fingerprint density at radius 3 is 2.27 bits per heavy atom. The summed E-state index contributed by atoms with van der Waals surface area (Å²) in [7, 11) is -3.99. The average Bonchev–Trinajstić information content (AvgIpc) is 2.72. The molecule has 0 atom stereocenters. The molecule has 8 heteroatoms. The van der Waals surface area contributed by atoms with Crippen LogP contribution in [-0.2, 0) is 10.0 Å². The minimum Gasteiger partial charge on any atom is -0.492 e. The summed E-state index contributed by atoms with van der Waals surface area (Å²) >= 11 is 6.17. The van der Waals surface area contributed by atoms with Crippen LogP contribution in [0.5, 0.6) is 5.75 Å². The standard InChI is InChI=1S/C25H27ClN2O4S/c1-16-5-8-23(19(4)12-16)28-33(30,31)24-15-20(6-7-22(24)26)25(29)27-9-10-32-21-13-17(2)11-18(3)14-21/h5-8,11-15,28H,9-10H2,1-4H3,(H,27,29). The first-order valence-corrected chi connectivity index (χ1v) is 12.3. The number of ether oxygens (including phenoxy) is 1. The Kier molecular flexibility index (Phi) is 7.66. The molecule has 0 aliphatic carbocycles. The Labute approximate surface area is 200 Å². The molecule has 174 valence electrons. The number of hydrogen-bond acceptors (Lipinski definition) is 4. The van der Waals surface area contributed by atoms with Crippen molar-refractivity contribution in [1.82, 2.24) is 5.32 Å². The zero-order chi connectivity index (χ0) is 24.2. The van der Waals surface area contributed by atoms with E-state index in [0.29, 0.717) is 5.69 Å². The Hall–Kier alpha value is -3.03. The van der Waals surface area contributed by atoms with Gasteiger partial charge in [0.2, 0.25) is 0 Å². The monoisotopic (exact) mass is 486 g/mol. The van der Waals surface area contributed by atoms with Crippen LogP contribution in [0.3, 0.4) is 0 Å². The number of amides is 1. The van der Waals surface area contributed by atoms with E-state index in [1.807, 2.05) is 52.0 Å². The van der Waals surface area contributed by atoms with Gasteiger partial charge in [0.15, 0.2) is 0 Å². The molecule has 0 aromatic heterocycles. The first kappa shape index (κ1) is 24.6. The molecule has 33 heavy (non-hydrogen) atoms. The van der Waals surface area contributed by atoms with E-state index in [1.54, 1.807) is 6.07 Å². The van der Waals surface area contributed by atoms with Gasteiger partial charge in [0.1, 0.15) is 17.3 Å². The second-order valence-electron chi connectivity index (χ2n) is 8.00. The predicted molar refractivity (Wildman–Crippen MR) is 132 cm³/mol. The molecule has 0 spiro atoms. The number of hydrogen-bond donors (Lipinski definition) is 2. The van der Waals surface area contributed by atoms with E-state index in [1.165, 1.54) is 18.2 Å². The lowest BCUT2D eigenvalue weighted by Gasteiger charge is -2.13. The molecule has 0 saturated heterocycles. The quantitative estimate of drug-likeness (QED) is 0.429. The van der Waals surface area contributed by atoms with Crippen LogP contribution in [0.4, 0.5) is 5.69 Å². The molecular weight excluding hydrogens is 460 g/mol. The summed E-state index contributed by atoms with van der Waals surface area (Å²) in [5, 5.41) is 2.77. The number of anilines is 1. The zero-order valence-electron chi connectivity index (χ0n) is 19.0. The summed E-state index contributed by atoms with van der Waals surface area (Å²) < 4.78 is 34.2. The van der Waals surface area contributed by atoms with E-state index in [4.69, 9.17) is 16.3 Å². The van der Waals surface area contributed by atoms with Crippen molar-refractivity contribution >= 4 is 33.2 Å². The first-order chi connectivity index (χ1) is 15.5. The molecular formula is C25H27ClN2O4S. The molecule has 0 aliphatic rings. The predicted octanol–water partition coefficient (Wildman–Crippen LogP) is 5.18. The van der Waals surface area contributed by atoms with Crippen molar-refractivity contribution in [2.75, 3.05) is 17.9 Å². The zero-order valence-corrected chi connectivity index (χ0v) is 20.6. The summed E-state index contributed by atoms with van der Waals surface area (Å²) in [6.07, 6.45) is 0. The van der Waals surface area contributed by atoms with Gasteiger partial charge in [-0.1, -0.05) is 35.4 Å². The van der Waals surface area contributed by atoms with Crippen LogP contribution in [0.25, 0.3) is 0 Å². The Morgan fingerprint density at radius 2 is 1.61 bits per heavy atom. The number of nitrogens with one attached hydrogen (secondary N) is 2. The fourth-order valence-corrected chi connectivity index (χ4v) is 5.09. The number of carbonyl (C=O) groups excluding carboxylic acids is 1. The fourth-order valence-electron chi connectivity index (χ4n) is 3.43. The summed E-state index contributed by atoms with van der Waals surface area (Å²) in [4.78, 5) is 12.4. The van der Waals surface area contributed by atoms with E-state index in [9.17, 15) is 13.2 Å². The van der Waals surface area contributed by atoms with Crippen LogP contribution < -0.4 is 14.8 Å². The van der Waals surface area contributed by atoms with Crippen molar-refractivity contribution in [1.29, 1.82) is 0 Å². The second kappa shape index (κ2) is 10.3. The van der Waals surface area contributed by atoms with E-state index in [0.717, 1.165) is 28.0 Å². The fraction of sp³-hybridized carbons (Fsp3) is 0.240. The summed E-state index contributed by atoms with van der Waals surface area (Å²) in [5.74, 6) is 0.317. The lowest BCUT2D eigenvalue weighted by atomic mass is 10.1. The van der Waals surface area contributed by atoms with Crippen molar-refractivity contribution in [2.24, 2.45) is 0 Å². The van der Waals surface area contributed by atoms with Crippen molar-refractivity contribution in [3.05, 3.63) is 87.4 Å². The minimum absolute atomic E-state index is 0.0296. The summed E-state index contributed by atoms with van der Waals surface area (Å²) in [6.45, 7) is 8.26. The number of halogens is 1. The number of carbonyl (C=O) groups is 1. The van der Waals surface area contributed by atoms with Crippen LogP contribution in [0, 0.1) is 27.7 Å². The topological polar surface area (TPSA) is 84.5 Å². The van der Waals surface area contributed by atoms with Gasteiger partial charge >= 0.3 is 0 Å². The number of aryl methyl sites for hydroxylation is 4. The largest absolute Gasteiger partial charge is 0.492 e. The van der Waals surface area contributed by atoms with E-state index >= 15 is 0 Å². The first-order valence-electron chi connectivity index (χ1n) is 10.4. The average molecular weight is 487 g/mol. The third-order valence-corrected chi connectivity index (χ3v) is 6.81. The van der Waals surface area contributed by atoms with Gasteiger partial charge in [0, 0.05) is 5.56 Å². The number of rotatable bonds is 8. The van der Waals surface area contributed by atoms with Gasteiger partial charge in [-0.15, -0.1) is 0 Å². The molecule has 1 amide bonds. The van der Waals surface area contributed by atoms with Gasteiger partial charge in [-0.3, -0.25) is 9.52 Å². The van der Waals surface area contributed by atoms with Crippen LogP contribution in [0.2, 0.25) is 5.02 Å². The second-order valence-corrected chi connectivity index (χ2v) is 10.1. The third-order valence-electron chi connectivity index (χ3n) is 4.96. The third kappa shape index (κ3) is 6.49. The molecule has 6 nitrogen and oxygen atoms in total. The highest BCUT2D eigenvalue weighted by Gasteiger charge is 2.21. The molecule has 0 bridgehead atoms. The molecule has 3 rings (SSSR count). The lowest BCUT2D eigenvalue weighted by Crippen LogP contribution is -2.28. The highest BCUT2D eigenvalue weighted by Crippen LogP contribution is 2.26. The normalized spacial score (nSPS) is 11.2. The molecule has 0 aliphatic heterocycles. The highest BCUT2D eigenvalue weighted by atomic mass is 35.5. The Balaban J connectivity index is 1.67. The Bertz CT molecular complexity index is 1270. The van der Waals surface area contributed by atoms with Crippen LogP contribution in [0.15, 0.2) is 59.5 Å². The molecule has 0 fully saturated rings. The SMILES string of the molecule is Cc1cc(C)cc(OCCNC(=O)c2ccc(Cl)c(S(=O)(=O)Nc3ccc(C)cc3C)c2)c1. The van der Waals surface area contributed by atoms with Gasteiger partial charge in [-0.2, -0.15) is 0 Å². The maximum absolute atomic E-state index is 13.0. The molecule has 0 unspecified atom stereocenters. The smallest absolute Gasteiger partial charge is 0.263 e. The van der Waals surface area contributed by atoms with Gasteiger partial charge < -0.3 is 10.1 Å². The molecule has 2 N–H and O–H groups in total. The van der Waals surface area contributed by atoms with E-state index < -0.39 is 15.9 Å². The molecule has 3 aromatic carbocycles. The highest BCUT2D eigenvalue weighted by molar-refractivity contribution is 7.92. The van der Waals surface area contributed by atoms with Crippen LogP contribution in [0.1, 0.15) is 32.6 Å².